The molecular weight excluding hydrogens is 599 g/mol. The number of carbonyl (C=O) groups is 3. The van der Waals surface area contributed by atoms with Crippen LogP contribution in [0.3, 0.4) is 0 Å². The molecule has 12 heteroatoms. The summed E-state index contributed by atoms with van der Waals surface area (Å²) in [6.45, 7) is 6.21. The number of anilines is 2. The maximum Gasteiger partial charge on any atom is 0.272 e. The maximum absolute atomic E-state index is 13.2. The number of rotatable bonds is 9. The van der Waals surface area contributed by atoms with Gasteiger partial charge >= 0.3 is 0 Å². The number of hydrogen-bond donors (Lipinski definition) is 3. The monoisotopic (exact) mass is 625 g/mol. The Hall–Kier alpha value is -3.40. The minimum atomic E-state index is -2.77. The van der Waals surface area contributed by atoms with E-state index in [1.165, 1.54) is 30.3 Å². The van der Waals surface area contributed by atoms with E-state index >= 15 is 0 Å². The molecule has 0 unspecified atom stereocenters. The van der Waals surface area contributed by atoms with Crippen molar-refractivity contribution >= 4 is 63.9 Å². The van der Waals surface area contributed by atoms with Crippen molar-refractivity contribution in [3.8, 4) is 5.75 Å². The summed E-state index contributed by atoms with van der Waals surface area (Å²) in [5, 5.41) is 8.54. The molecule has 3 amide bonds. The summed E-state index contributed by atoms with van der Waals surface area (Å²) < 4.78 is 30.8. The van der Waals surface area contributed by atoms with Crippen LogP contribution >= 0.6 is 34.8 Å². The van der Waals surface area contributed by atoms with Gasteiger partial charge in [-0.25, -0.2) is 8.78 Å². The first-order valence-electron chi connectivity index (χ1n) is 12.4. The van der Waals surface area contributed by atoms with Gasteiger partial charge in [0.15, 0.2) is 0 Å². The SMILES string of the molecule is Cc1cc(Cl)cc(NC(=O)c2cc(NC(=O)c3c(Cl)ccc(CNC(=O)C(C)(C)C)c3Cl)ccc2OCC(F)F)c1. The minimum absolute atomic E-state index is 0.0374. The predicted molar refractivity (Wildman–Crippen MR) is 158 cm³/mol. The molecule has 0 aliphatic heterocycles. The van der Waals surface area contributed by atoms with Gasteiger partial charge in [0.25, 0.3) is 18.2 Å². The molecular formula is C29H28Cl3F2N3O4. The molecule has 7 nitrogen and oxygen atoms in total. The van der Waals surface area contributed by atoms with Crippen molar-refractivity contribution in [2.24, 2.45) is 5.41 Å². The zero-order chi connectivity index (χ0) is 30.5. The Balaban J connectivity index is 1.89. The third-order valence-electron chi connectivity index (χ3n) is 5.67. The molecule has 0 aromatic heterocycles. The molecule has 0 spiro atoms. The number of nitrogens with one attached hydrogen (secondary N) is 3. The average Bonchev–Trinajstić information content (AvgIpc) is 2.86. The minimum Gasteiger partial charge on any atom is -0.487 e. The van der Waals surface area contributed by atoms with E-state index in [2.05, 4.69) is 16.0 Å². The third-order valence-corrected chi connectivity index (χ3v) is 6.63. The Kier molecular flexibility index (Phi) is 10.6. The first-order valence-corrected chi connectivity index (χ1v) is 13.5. The Morgan fingerprint density at radius 1 is 0.902 bits per heavy atom. The van der Waals surface area contributed by atoms with Gasteiger partial charge in [-0.05, 0) is 60.5 Å². The fraction of sp³-hybridized carbons (Fsp3) is 0.276. The molecule has 0 saturated carbocycles. The van der Waals surface area contributed by atoms with Gasteiger partial charge in [-0.1, -0.05) is 61.6 Å². The van der Waals surface area contributed by atoms with Gasteiger partial charge in [0.05, 0.1) is 21.2 Å². The molecule has 0 heterocycles. The molecule has 0 fully saturated rings. The van der Waals surface area contributed by atoms with Crippen LogP contribution in [0.1, 0.15) is 52.6 Å². The summed E-state index contributed by atoms with van der Waals surface area (Å²) in [5.74, 6) is -1.70. The number of ether oxygens (including phenoxy) is 1. The number of halogens is 5. The first kappa shape index (κ1) is 32.1. The molecule has 0 bridgehead atoms. The van der Waals surface area contributed by atoms with Crippen LogP contribution in [0, 0.1) is 12.3 Å². The third kappa shape index (κ3) is 8.79. The molecule has 0 aliphatic rings. The molecule has 0 radical (unpaired) electrons. The van der Waals surface area contributed by atoms with Gasteiger partial charge < -0.3 is 20.7 Å². The van der Waals surface area contributed by atoms with E-state index in [0.717, 1.165) is 5.56 Å². The zero-order valence-electron chi connectivity index (χ0n) is 22.6. The lowest BCUT2D eigenvalue weighted by molar-refractivity contribution is -0.128. The van der Waals surface area contributed by atoms with Crippen molar-refractivity contribution in [3.63, 3.8) is 0 Å². The Morgan fingerprint density at radius 3 is 2.22 bits per heavy atom. The van der Waals surface area contributed by atoms with Crippen LogP contribution < -0.4 is 20.7 Å². The summed E-state index contributed by atoms with van der Waals surface area (Å²) in [5.41, 5.74) is 0.989. The average molecular weight is 627 g/mol. The van der Waals surface area contributed by atoms with Gasteiger partial charge in [0, 0.05) is 28.4 Å². The van der Waals surface area contributed by atoms with Gasteiger partial charge in [-0.15, -0.1) is 0 Å². The summed E-state index contributed by atoms with van der Waals surface area (Å²) >= 11 is 18.9. The highest BCUT2D eigenvalue weighted by molar-refractivity contribution is 6.41. The zero-order valence-corrected chi connectivity index (χ0v) is 24.9. The van der Waals surface area contributed by atoms with Crippen LogP contribution in [0.2, 0.25) is 15.1 Å². The van der Waals surface area contributed by atoms with E-state index < -0.39 is 30.3 Å². The number of amides is 3. The molecule has 3 N–H and O–H groups in total. The van der Waals surface area contributed by atoms with Gasteiger partial charge in [0.2, 0.25) is 5.91 Å². The smallest absolute Gasteiger partial charge is 0.272 e. The van der Waals surface area contributed by atoms with E-state index in [1.54, 1.807) is 45.9 Å². The van der Waals surface area contributed by atoms with Gasteiger partial charge in [-0.3, -0.25) is 14.4 Å². The van der Waals surface area contributed by atoms with Crippen LogP contribution in [0.5, 0.6) is 5.75 Å². The lowest BCUT2D eigenvalue weighted by atomic mass is 9.95. The second kappa shape index (κ2) is 13.5. The summed E-state index contributed by atoms with van der Waals surface area (Å²) in [7, 11) is 0. The number of hydrogen-bond acceptors (Lipinski definition) is 4. The Bertz CT molecular complexity index is 1460. The van der Waals surface area contributed by atoms with Crippen LogP contribution in [-0.4, -0.2) is 30.8 Å². The first-order chi connectivity index (χ1) is 19.1. The van der Waals surface area contributed by atoms with Crippen molar-refractivity contribution in [2.75, 3.05) is 17.2 Å². The quantitative estimate of drug-likeness (QED) is 0.226. The van der Waals surface area contributed by atoms with Gasteiger partial charge in [-0.2, -0.15) is 0 Å². The summed E-state index contributed by atoms with van der Waals surface area (Å²) in [4.78, 5) is 38.7. The molecule has 3 rings (SSSR count). The molecule has 0 saturated heterocycles. The lowest BCUT2D eigenvalue weighted by Crippen LogP contribution is -2.34. The normalized spacial score (nSPS) is 11.3. The van der Waals surface area contributed by atoms with E-state index in [-0.39, 0.29) is 45.1 Å². The fourth-order valence-corrected chi connectivity index (χ4v) is 4.54. The maximum atomic E-state index is 13.2. The Labute approximate surface area is 251 Å². The Morgan fingerprint density at radius 2 is 1.59 bits per heavy atom. The van der Waals surface area contributed by atoms with E-state index in [0.29, 0.717) is 16.3 Å². The van der Waals surface area contributed by atoms with Crippen molar-refractivity contribution in [2.45, 2.75) is 40.7 Å². The van der Waals surface area contributed by atoms with Crippen molar-refractivity contribution in [3.05, 3.63) is 85.9 Å². The lowest BCUT2D eigenvalue weighted by Gasteiger charge is -2.19. The highest BCUT2D eigenvalue weighted by atomic mass is 35.5. The molecule has 0 atom stereocenters. The van der Waals surface area contributed by atoms with E-state index in [9.17, 15) is 23.2 Å². The molecule has 3 aromatic rings. The second-order valence-electron chi connectivity index (χ2n) is 10.2. The predicted octanol–water partition coefficient (Wildman–Crippen LogP) is 7.77. The molecule has 218 valence electrons. The van der Waals surface area contributed by atoms with E-state index in [1.807, 2.05) is 0 Å². The molecule has 41 heavy (non-hydrogen) atoms. The van der Waals surface area contributed by atoms with E-state index in [4.69, 9.17) is 39.5 Å². The molecule has 0 aliphatic carbocycles. The molecule has 3 aromatic carbocycles. The van der Waals surface area contributed by atoms with Gasteiger partial charge in [0.1, 0.15) is 12.4 Å². The highest BCUT2D eigenvalue weighted by Crippen LogP contribution is 2.31. The highest BCUT2D eigenvalue weighted by Gasteiger charge is 2.23. The van der Waals surface area contributed by atoms with Crippen LogP contribution in [0.25, 0.3) is 0 Å². The van der Waals surface area contributed by atoms with Crippen LogP contribution in [0.4, 0.5) is 20.2 Å². The number of carbonyl (C=O) groups excluding carboxylic acids is 3. The standard InChI is InChI=1S/C29H28Cl3F2N3O4/c1-15-9-17(30)11-19(10-15)37-26(38)20-12-18(6-8-22(20)41-14-23(33)34)36-27(39)24-21(31)7-5-16(25(24)32)13-35-28(40)29(2,3)4/h5-12,23H,13-14H2,1-4H3,(H,35,40)(H,36,39)(H,37,38). The fourth-order valence-electron chi connectivity index (χ4n) is 3.65. The van der Waals surface area contributed by atoms with Crippen LogP contribution in [-0.2, 0) is 11.3 Å². The van der Waals surface area contributed by atoms with Crippen molar-refractivity contribution < 1.29 is 27.9 Å². The second-order valence-corrected chi connectivity index (χ2v) is 11.4. The topological polar surface area (TPSA) is 96.5 Å². The number of aryl methyl sites for hydroxylation is 1. The number of benzene rings is 3. The largest absolute Gasteiger partial charge is 0.487 e. The van der Waals surface area contributed by atoms with Crippen LogP contribution in [0.15, 0.2) is 48.5 Å². The number of alkyl halides is 2. The summed E-state index contributed by atoms with van der Waals surface area (Å²) in [6.07, 6.45) is -2.77. The van der Waals surface area contributed by atoms with Crippen molar-refractivity contribution in [1.82, 2.24) is 5.32 Å². The van der Waals surface area contributed by atoms with Crippen molar-refractivity contribution in [1.29, 1.82) is 0 Å². The summed E-state index contributed by atoms with van der Waals surface area (Å²) in [6, 6.07) is 11.9.